The average Bonchev–Trinajstić information content (AvgIpc) is 2.99. The van der Waals surface area contributed by atoms with Gasteiger partial charge in [-0.2, -0.15) is 0 Å². The van der Waals surface area contributed by atoms with E-state index < -0.39 is 10.0 Å². The van der Waals surface area contributed by atoms with Crippen molar-refractivity contribution in [3.63, 3.8) is 0 Å². The molecule has 0 saturated carbocycles. The molecule has 1 heterocycles. The Morgan fingerprint density at radius 2 is 1.74 bits per heavy atom. The van der Waals surface area contributed by atoms with E-state index in [4.69, 9.17) is 4.74 Å². The molecule has 1 aliphatic rings. The van der Waals surface area contributed by atoms with Crippen LogP contribution < -0.4 is 10.6 Å². The number of para-hydroxylation sites is 1. The maximum atomic E-state index is 13.6. The molecule has 1 aliphatic heterocycles. The third kappa shape index (κ3) is 10.6. The molecule has 7 nitrogen and oxygen atoms in total. The molecule has 0 radical (unpaired) electrons. The number of unbranched alkanes of at least 4 members (excludes halogenated alkanes) is 3. The second-order valence-corrected chi connectivity index (χ2v) is 14.1. The van der Waals surface area contributed by atoms with E-state index in [1.165, 1.54) is 35.2 Å². The van der Waals surface area contributed by atoms with Crippen LogP contribution in [0.15, 0.2) is 64.2 Å². The van der Waals surface area contributed by atoms with Crippen LogP contribution in [0.3, 0.4) is 0 Å². The molecule has 2 N–H and O–H groups in total. The summed E-state index contributed by atoms with van der Waals surface area (Å²) in [5.41, 5.74) is 2.43. The molecule has 0 saturated heterocycles. The van der Waals surface area contributed by atoms with Gasteiger partial charge in [0.25, 0.3) is 15.9 Å². The van der Waals surface area contributed by atoms with Crippen LogP contribution in [0.2, 0.25) is 0 Å². The van der Waals surface area contributed by atoms with E-state index in [2.05, 4.69) is 56.5 Å². The lowest BCUT2D eigenvalue weighted by Crippen LogP contribution is -2.39. The molecule has 0 aliphatic carbocycles. The van der Waals surface area contributed by atoms with Gasteiger partial charge in [-0.3, -0.25) is 9.10 Å². The van der Waals surface area contributed by atoms with E-state index in [9.17, 15) is 13.2 Å². The van der Waals surface area contributed by atoms with Crippen LogP contribution in [0.4, 0.5) is 11.4 Å². The van der Waals surface area contributed by atoms with Crippen LogP contribution >= 0.6 is 11.8 Å². The maximum Gasteiger partial charge on any atom is 0.267 e. The monoisotopic (exact) mass is 629 g/mol. The fourth-order valence-electron chi connectivity index (χ4n) is 4.99. The summed E-state index contributed by atoms with van der Waals surface area (Å²) in [6.07, 6.45) is 11.8. The minimum absolute atomic E-state index is 0.204. The minimum Gasteiger partial charge on any atom is -0.381 e. The van der Waals surface area contributed by atoms with Crippen LogP contribution in [-0.2, 0) is 26.0 Å². The summed E-state index contributed by atoms with van der Waals surface area (Å²) < 4.78 is 34.3. The first-order valence-electron chi connectivity index (χ1n) is 16.1. The number of hydrogen-bond acceptors (Lipinski definition) is 6. The molecule has 43 heavy (non-hydrogen) atoms. The lowest BCUT2D eigenvalue weighted by atomic mass is 10.0. The number of thioether (sulfide) groups is 1. The average molecular weight is 630 g/mol. The van der Waals surface area contributed by atoms with Crippen LogP contribution in [-0.4, -0.2) is 44.1 Å². The van der Waals surface area contributed by atoms with Crippen molar-refractivity contribution in [3.8, 4) is 0 Å². The van der Waals surface area contributed by atoms with Crippen molar-refractivity contribution in [2.24, 2.45) is 5.92 Å². The summed E-state index contributed by atoms with van der Waals surface area (Å²) in [6, 6.07) is 13.2. The lowest BCUT2D eigenvalue weighted by Gasteiger charge is -2.33. The molecule has 1 amide bonds. The van der Waals surface area contributed by atoms with Crippen molar-refractivity contribution in [2.45, 2.75) is 102 Å². The standard InChI is InChI=1S/C34H51N3O4S2/c1-5-9-15-27(8-4)26-42-31-20-19-28(16-10-6-2)24-30(31)36-34(38)25-33-35-29-17-12-13-18-32(29)43(39,40)37(33)21-14-23-41-22-11-7-3/h12-13,17-20,24-25,27,35H,5-11,14-16,21-23,26H2,1-4H3,(H,36,38)/b33-25-. The number of amides is 1. The second-order valence-electron chi connectivity index (χ2n) is 11.2. The van der Waals surface area contributed by atoms with Crippen molar-refractivity contribution in [2.75, 3.05) is 36.1 Å². The highest BCUT2D eigenvalue weighted by atomic mass is 32.2. The minimum atomic E-state index is -3.84. The Labute approximate surface area is 264 Å². The Morgan fingerprint density at radius 1 is 1.00 bits per heavy atom. The van der Waals surface area contributed by atoms with E-state index in [1.54, 1.807) is 36.0 Å². The van der Waals surface area contributed by atoms with Gasteiger partial charge in [-0.1, -0.05) is 78.0 Å². The number of nitrogens with zero attached hydrogens (tertiary/aromatic N) is 1. The van der Waals surface area contributed by atoms with Crippen molar-refractivity contribution < 1.29 is 17.9 Å². The van der Waals surface area contributed by atoms with E-state index in [0.717, 1.165) is 54.9 Å². The summed E-state index contributed by atoms with van der Waals surface area (Å²) in [4.78, 5) is 14.8. The summed E-state index contributed by atoms with van der Waals surface area (Å²) in [6.45, 7) is 10.1. The van der Waals surface area contributed by atoms with Crippen molar-refractivity contribution in [1.29, 1.82) is 0 Å². The molecular weight excluding hydrogens is 579 g/mol. The number of carbonyl (C=O) groups is 1. The molecule has 0 spiro atoms. The SMILES string of the molecule is CCCCOCCCN1/C(=C\C(=O)Nc2cc(CCCC)ccc2SCC(CC)CCCC)Nc2ccccc2S1(=O)=O. The Balaban J connectivity index is 1.84. The van der Waals surface area contributed by atoms with E-state index in [-0.39, 0.29) is 23.2 Å². The first-order chi connectivity index (χ1) is 20.8. The van der Waals surface area contributed by atoms with Crippen molar-refractivity contribution in [1.82, 2.24) is 4.31 Å². The summed E-state index contributed by atoms with van der Waals surface area (Å²) in [5, 5.41) is 6.30. The summed E-state index contributed by atoms with van der Waals surface area (Å²) >= 11 is 1.79. The van der Waals surface area contributed by atoms with E-state index >= 15 is 0 Å². The number of rotatable bonds is 19. The molecule has 0 bridgehead atoms. The Morgan fingerprint density at radius 3 is 2.49 bits per heavy atom. The zero-order valence-corrected chi connectivity index (χ0v) is 28.1. The highest BCUT2D eigenvalue weighted by Crippen LogP contribution is 2.35. The smallest absolute Gasteiger partial charge is 0.267 e. The van der Waals surface area contributed by atoms with Gasteiger partial charge in [0, 0.05) is 36.5 Å². The predicted molar refractivity (Wildman–Crippen MR) is 180 cm³/mol. The van der Waals surface area contributed by atoms with E-state index in [0.29, 0.717) is 31.2 Å². The highest BCUT2D eigenvalue weighted by Gasteiger charge is 2.34. The Bertz CT molecular complexity index is 1300. The fraction of sp³-hybridized carbons (Fsp3) is 0.559. The number of ether oxygens (including phenoxy) is 1. The summed E-state index contributed by atoms with van der Waals surface area (Å²) in [7, 11) is -3.84. The van der Waals surface area contributed by atoms with Gasteiger partial charge < -0.3 is 15.4 Å². The number of carbonyl (C=O) groups excluding carboxylic acids is 1. The van der Waals surface area contributed by atoms with Gasteiger partial charge in [0.2, 0.25) is 0 Å². The molecule has 0 aromatic heterocycles. The molecule has 3 rings (SSSR count). The van der Waals surface area contributed by atoms with Gasteiger partial charge >= 0.3 is 0 Å². The third-order valence-electron chi connectivity index (χ3n) is 7.69. The summed E-state index contributed by atoms with van der Waals surface area (Å²) in [5.74, 6) is 1.51. The van der Waals surface area contributed by atoms with E-state index in [1.807, 2.05) is 0 Å². The molecule has 0 fully saturated rings. The quantitative estimate of drug-likeness (QED) is 0.0921. The molecule has 238 valence electrons. The van der Waals surface area contributed by atoms with Crippen LogP contribution in [0, 0.1) is 5.92 Å². The zero-order valence-electron chi connectivity index (χ0n) is 26.5. The van der Waals surface area contributed by atoms with Gasteiger partial charge in [-0.15, -0.1) is 11.8 Å². The Kier molecular flexibility index (Phi) is 14.9. The number of aryl methyl sites for hydroxylation is 1. The number of anilines is 2. The topological polar surface area (TPSA) is 87.7 Å². The second kappa shape index (κ2) is 18.3. The van der Waals surface area contributed by atoms with Crippen LogP contribution in [0.5, 0.6) is 0 Å². The van der Waals surface area contributed by atoms with Crippen molar-refractivity contribution >= 4 is 39.1 Å². The predicted octanol–water partition coefficient (Wildman–Crippen LogP) is 8.44. The number of fused-ring (bicyclic) bond motifs is 1. The van der Waals surface area contributed by atoms with Crippen LogP contribution in [0.1, 0.15) is 91.0 Å². The molecular formula is C34H51N3O4S2. The van der Waals surface area contributed by atoms with Gasteiger partial charge in [-0.25, -0.2) is 8.42 Å². The number of sulfonamides is 1. The van der Waals surface area contributed by atoms with Crippen LogP contribution in [0.25, 0.3) is 0 Å². The number of nitrogens with one attached hydrogen (secondary N) is 2. The zero-order chi connectivity index (χ0) is 31.1. The largest absolute Gasteiger partial charge is 0.381 e. The van der Waals surface area contributed by atoms with Gasteiger partial charge in [-0.05, 0) is 67.9 Å². The maximum absolute atomic E-state index is 13.6. The molecule has 1 atom stereocenters. The first kappa shape index (κ1) is 35.0. The number of hydrogen-bond donors (Lipinski definition) is 2. The van der Waals surface area contributed by atoms with Gasteiger partial charge in [0.05, 0.1) is 11.4 Å². The molecule has 9 heteroatoms. The molecule has 2 aromatic rings. The highest BCUT2D eigenvalue weighted by molar-refractivity contribution is 7.99. The lowest BCUT2D eigenvalue weighted by molar-refractivity contribution is -0.112. The molecule has 1 unspecified atom stereocenters. The normalized spacial score (nSPS) is 15.6. The fourth-order valence-corrected chi connectivity index (χ4v) is 7.85. The Hall–Kier alpha value is -2.49. The van der Waals surface area contributed by atoms with Gasteiger partial charge in [0.1, 0.15) is 10.7 Å². The van der Waals surface area contributed by atoms with Crippen molar-refractivity contribution in [3.05, 3.63) is 59.9 Å². The third-order valence-corrected chi connectivity index (χ3v) is 10.9. The molecule has 2 aromatic carbocycles. The number of benzene rings is 2. The van der Waals surface area contributed by atoms with Gasteiger partial charge in [0.15, 0.2) is 0 Å². The first-order valence-corrected chi connectivity index (χ1v) is 18.5.